The average molecular weight is 461 g/mol. The molecule has 1 heterocycles. The van der Waals surface area contributed by atoms with Gasteiger partial charge in [-0.1, -0.05) is 41.4 Å². The lowest BCUT2D eigenvalue weighted by Crippen LogP contribution is -2.29. The van der Waals surface area contributed by atoms with Crippen LogP contribution in [0.3, 0.4) is 0 Å². The van der Waals surface area contributed by atoms with Crippen molar-refractivity contribution in [3.05, 3.63) is 74.7 Å². The molecule has 2 aromatic carbocycles. The highest BCUT2D eigenvalue weighted by atomic mass is 35.5. The number of carbonyl (C=O) groups is 3. The molecule has 0 aliphatic carbocycles. The Morgan fingerprint density at radius 3 is 2.43 bits per heavy atom. The molecule has 0 fully saturated rings. The molecule has 3 amide bonds. The zero-order valence-corrected chi connectivity index (χ0v) is 17.5. The number of rotatable bonds is 6. The van der Waals surface area contributed by atoms with Gasteiger partial charge in [-0.3, -0.25) is 14.9 Å². The number of nitrogens with two attached hydrogens (primary N) is 1. The van der Waals surface area contributed by atoms with Gasteiger partial charge in [-0.05, 0) is 35.9 Å². The number of urea groups is 1. The topological polar surface area (TPSA) is 114 Å². The molecule has 0 aliphatic rings. The standard InChI is InChI=1S/C20H14Cl2N4O3S/c21-15-6-5-13(8-16(15)22)17-10-30-20(25-17)26-18(28)12-3-1-11(2-4-12)7-14(9-27)24-19(23)29/h1-10H,(H3,23,24,29)(H,25,26,28)/b14-7-. The van der Waals surface area contributed by atoms with Gasteiger partial charge >= 0.3 is 6.03 Å². The normalized spacial score (nSPS) is 11.1. The summed E-state index contributed by atoms with van der Waals surface area (Å²) in [6.45, 7) is 0. The van der Waals surface area contributed by atoms with Gasteiger partial charge in [-0.2, -0.15) is 0 Å². The third-order valence-electron chi connectivity index (χ3n) is 3.83. The SMILES string of the molecule is NC(=O)N/C(C=O)=C\c1ccc(C(=O)Nc2nc(-c3ccc(Cl)c(Cl)c3)cs2)cc1. The summed E-state index contributed by atoms with van der Waals surface area (Å²) < 4.78 is 0. The minimum absolute atomic E-state index is 0.0114. The molecule has 0 spiro atoms. The van der Waals surface area contributed by atoms with Gasteiger partial charge in [-0.15, -0.1) is 11.3 Å². The minimum Gasteiger partial charge on any atom is -0.351 e. The summed E-state index contributed by atoms with van der Waals surface area (Å²) in [7, 11) is 0. The van der Waals surface area contributed by atoms with Gasteiger partial charge < -0.3 is 11.1 Å². The summed E-state index contributed by atoms with van der Waals surface area (Å²) in [6.07, 6.45) is 1.91. The smallest absolute Gasteiger partial charge is 0.316 e. The first-order valence-electron chi connectivity index (χ1n) is 8.41. The second kappa shape index (κ2) is 9.53. The Labute approximate surface area is 185 Å². The molecule has 0 atom stereocenters. The summed E-state index contributed by atoms with van der Waals surface area (Å²) >= 11 is 13.2. The molecule has 3 aromatic rings. The van der Waals surface area contributed by atoms with E-state index in [1.54, 1.807) is 47.8 Å². The van der Waals surface area contributed by atoms with Crippen molar-refractivity contribution in [3.63, 3.8) is 0 Å². The number of amides is 3. The number of nitrogens with one attached hydrogen (secondary N) is 2. The average Bonchev–Trinajstić information content (AvgIpc) is 3.18. The second-order valence-corrected chi connectivity index (χ2v) is 7.62. The van der Waals surface area contributed by atoms with Crippen molar-refractivity contribution in [1.29, 1.82) is 0 Å². The van der Waals surface area contributed by atoms with Crippen LogP contribution in [-0.2, 0) is 4.79 Å². The number of nitrogens with zero attached hydrogens (tertiary/aromatic N) is 1. The molecule has 1 aromatic heterocycles. The van der Waals surface area contributed by atoms with E-state index in [0.29, 0.717) is 38.3 Å². The molecule has 152 valence electrons. The maximum Gasteiger partial charge on any atom is 0.316 e. The lowest BCUT2D eigenvalue weighted by atomic mass is 10.1. The summed E-state index contributed by atoms with van der Waals surface area (Å²) in [5.74, 6) is -0.341. The molecular weight excluding hydrogens is 447 g/mol. The van der Waals surface area contributed by atoms with E-state index < -0.39 is 6.03 Å². The van der Waals surface area contributed by atoms with Crippen LogP contribution in [0.1, 0.15) is 15.9 Å². The van der Waals surface area contributed by atoms with Gasteiger partial charge in [0.15, 0.2) is 11.4 Å². The number of anilines is 1. The van der Waals surface area contributed by atoms with Crippen molar-refractivity contribution >= 4 is 64.0 Å². The van der Waals surface area contributed by atoms with E-state index in [1.807, 2.05) is 0 Å². The number of primary amides is 1. The number of hydrogen-bond donors (Lipinski definition) is 3. The number of aromatic nitrogens is 1. The zero-order chi connectivity index (χ0) is 21.7. The fraction of sp³-hybridized carbons (Fsp3) is 0. The van der Waals surface area contributed by atoms with Gasteiger partial charge in [-0.25, -0.2) is 9.78 Å². The van der Waals surface area contributed by atoms with Crippen molar-refractivity contribution in [3.8, 4) is 11.3 Å². The Balaban J connectivity index is 1.70. The molecule has 3 rings (SSSR count). The highest BCUT2D eigenvalue weighted by molar-refractivity contribution is 7.14. The van der Waals surface area contributed by atoms with E-state index in [9.17, 15) is 14.4 Å². The molecule has 4 N–H and O–H groups in total. The summed E-state index contributed by atoms with van der Waals surface area (Å²) in [5.41, 5.74) is 7.46. The van der Waals surface area contributed by atoms with Crippen LogP contribution in [0.15, 0.2) is 53.5 Å². The van der Waals surface area contributed by atoms with Crippen LogP contribution in [0.25, 0.3) is 17.3 Å². The number of halogens is 2. The Kier molecular flexibility index (Phi) is 6.83. The molecular formula is C20H14Cl2N4O3S. The molecule has 0 saturated heterocycles. The first-order valence-corrected chi connectivity index (χ1v) is 10.0. The molecule has 0 radical (unpaired) electrons. The Morgan fingerprint density at radius 1 is 1.07 bits per heavy atom. The third kappa shape index (κ3) is 5.44. The van der Waals surface area contributed by atoms with Crippen molar-refractivity contribution in [2.24, 2.45) is 5.73 Å². The second-order valence-electron chi connectivity index (χ2n) is 5.95. The number of aldehydes is 1. The predicted molar refractivity (Wildman–Crippen MR) is 119 cm³/mol. The first kappa shape index (κ1) is 21.5. The quantitative estimate of drug-likeness (QED) is 0.368. The van der Waals surface area contributed by atoms with Crippen LogP contribution in [0.4, 0.5) is 9.93 Å². The number of allylic oxidation sites excluding steroid dienone is 1. The molecule has 10 heteroatoms. The molecule has 0 unspecified atom stereocenters. The largest absolute Gasteiger partial charge is 0.351 e. The lowest BCUT2D eigenvalue weighted by Gasteiger charge is -2.04. The van der Waals surface area contributed by atoms with Gasteiger partial charge in [0.05, 0.1) is 21.4 Å². The van der Waals surface area contributed by atoms with E-state index in [1.165, 1.54) is 17.4 Å². The molecule has 0 bridgehead atoms. The minimum atomic E-state index is -0.840. The third-order valence-corrected chi connectivity index (χ3v) is 5.33. The highest BCUT2D eigenvalue weighted by Gasteiger charge is 2.11. The first-order chi connectivity index (χ1) is 14.4. The predicted octanol–water partition coefficient (Wildman–Crippen LogP) is 4.58. The fourth-order valence-electron chi connectivity index (χ4n) is 2.44. The molecule has 7 nitrogen and oxygen atoms in total. The van der Waals surface area contributed by atoms with Crippen molar-refractivity contribution in [2.45, 2.75) is 0 Å². The zero-order valence-electron chi connectivity index (χ0n) is 15.2. The number of benzene rings is 2. The monoisotopic (exact) mass is 460 g/mol. The van der Waals surface area contributed by atoms with E-state index in [-0.39, 0.29) is 11.6 Å². The lowest BCUT2D eigenvalue weighted by molar-refractivity contribution is -0.105. The van der Waals surface area contributed by atoms with E-state index in [0.717, 1.165) is 5.56 Å². The van der Waals surface area contributed by atoms with Gasteiger partial charge in [0.25, 0.3) is 5.91 Å². The summed E-state index contributed by atoms with van der Waals surface area (Å²) in [4.78, 5) is 38.6. The van der Waals surface area contributed by atoms with Crippen LogP contribution in [0.5, 0.6) is 0 Å². The summed E-state index contributed by atoms with van der Waals surface area (Å²) in [5, 5.41) is 8.04. The van der Waals surface area contributed by atoms with E-state index >= 15 is 0 Å². The van der Waals surface area contributed by atoms with Crippen molar-refractivity contribution in [1.82, 2.24) is 10.3 Å². The Morgan fingerprint density at radius 2 is 1.80 bits per heavy atom. The number of thiazole rings is 1. The van der Waals surface area contributed by atoms with Crippen molar-refractivity contribution < 1.29 is 14.4 Å². The number of hydrogen-bond acceptors (Lipinski definition) is 5. The Bertz CT molecular complexity index is 1140. The molecule has 0 saturated carbocycles. The van der Waals surface area contributed by atoms with Gasteiger partial charge in [0.1, 0.15) is 0 Å². The van der Waals surface area contributed by atoms with E-state index in [4.69, 9.17) is 28.9 Å². The molecule has 0 aliphatic heterocycles. The molecule has 30 heavy (non-hydrogen) atoms. The van der Waals surface area contributed by atoms with Crippen LogP contribution in [0.2, 0.25) is 10.0 Å². The maximum atomic E-state index is 12.5. The van der Waals surface area contributed by atoms with Crippen LogP contribution < -0.4 is 16.4 Å². The van der Waals surface area contributed by atoms with Crippen LogP contribution >= 0.6 is 34.5 Å². The Hall–Kier alpha value is -3.20. The van der Waals surface area contributed by atoms with Crippen LogP contribution in [0, 0.1) is 0 Å². The van der Waals surface area contributed by atoms with Crippen molar-refractivity contribution in [2.75, 3.05) is 5.32 Å². The van der Waals surface area contributed by atoms with E-state index in [2.05, 4.69) is 15.6 Å². The van der Waals surface area contributed by atoms with Gasteiger partial charge in [0.2, 0.25) is 0 Å². The fourth-order valence-corrected chi connectivity index (χ4v) is 3.45. The maximum absolute atomic E-state index is 12.5. The summed E-state index contributed by atoms with van der Waals surface area (Å²) in [6, 6.07) is 10.8. The van der Waals surface area contributed by atoms with Crippen LogP contribution in [-0.4, -0.2) is 23.2 Å². The van der Waals surface area contributed by atoms with Gasteiger partial charge in [0, 0.05) is 16.5 Å². The highest BCUT2D eigenvalue weighted by Crippen LogP contribution is 2.30. The number of carbonyl (C=O) groups excluding carboxylic acids is 3.